The topological polar surface area (TPSA) is 214 Å². The van der Waals surface area contributed by atoms with E-state index >= 15 is 0 Å². The van der Waals surface area contributed by atoms with Crippen LogP contribution in [0.2, 0.25) is 0 Å². The number of ether oxygens (including phenoxy) is 6. The number of aliphatic hydroxyl groups is 1. The Labute approximate surface area is 308 Å². The van der Waals surface area contributed by atoms with Gasteiger partial charge in [0, 0.05) is 37.4 Å². The normalized spacial score (nSPS) is 25.5. The van der Waals surface area contributed by atoms with Crippen molar-refractivity contribution in [3.63, 3.8) is 0 Å². The highest BCUT2D eigenvalue weighted by Crippen LogP contribution is 2.42. The number of methoxy groups -OCH3 is 1. The lowest BCUT2D eigenvalue weighted by molar-refractivity contribution is -0.214. The highest BCUT2D eigenvalue weighted by molar-refractivity contribution is 8.00. The molecule has 3 aromatic heterocycles. The van der Waals surface area contributed by atoms with Crippen molar-refractivity contribution in [2.45, 2.75) is 61.0 Å². The van der Waals surface area contributed by atoms with Gasteiger partial charge in [0.2, 0.25) is 0 Å². The molecule has 4 aromatic rings. The number of carbonyl (C=O) groups excluding carboxylic acids is 3. The average molecular weight is 779 g/mol. The van der Waals surface area contributed by atoms with E-state index in [-0.39, 0.29) is 24.5 Å². The molecule has 2 aliphatic rings. The van der Waals surface area contributed by atoms with E-state index in [4.69, 9.17) is 28.4 Å². The Hall–Kier alpha value is -5.03. The summed E-state index contributed by atoms with van der Waals surface area (Å²) in [5, 5.41) is 27.4. The van der Waals surface area contributed by atoms with Gasteiger partial charge >= 0.3 is 17.9 Å². The van der Waals surface area contributed by atoms with Gasteiger partial charge in [0.25, 0.3) is 0 Å². The summed E-state index contributed by atoms with van der Waals surface area (Å²) in [5.74, 6) is -6.86. The fourth-order valence-electron chi connectivity index (χ4n) is 5.91. The lowest BCUT2D eigenvalue weighted by Crippen LogP contribution is -2.58. The Balaban J connectivity index is 1.36. The minimum atomic E-state index is -1.68. The van der Waals surface area contributed by atoms with Gasteiger partial charge in [0.1, 0.15) is 60.7 Å². The maximum atomic E-state index is 14.2. The number of hydrogen-bond acceptors (Lipinski definition) is 17. The first-order valence-electron chi connectivity index (χ1n) is 16.2. The van der Waals surface area contributed by atoms with Crippen molar-refractivity contribution < 1.29 is 61.1 Å². The average Bonchev–Trinajstić information content (AvgIpc) is 3.85. The Morgan fingerprint density at radius 3 is 2.28 bits per heavy atom. The number of esters is 3. The van der Waals surface area contributed by atoms with E-state index < -0.39 is 95.8 Å². The van der Waals surface area contributed by atoms with E-state index in [0.717, 1.165) is 44.9 Å². The van der Waals surface area contributed by atoms with E-state index in [0.29, 0.717) is 11.3 Å². The molecule has 1 N–H and O–H groups in total. The maximum Gasteiger partial charge on any atom is 0.331 e. The van der Waals surface area contributed by atoms with Gasteiger partial charge in [-0.3, -0.25) is 9.59 Å². The van der Waals surface area contributed by atoms with Crippen LogP contribution in [-0.2, 0) is 42.8 Å². The van der Waals surface area contributed by atoms with E-state index in [2.05, 4.69) is 30.6 Å². The number of rotatable bonds is 12. The molecule has 0 amide bonds. The number of halogens is 3. The minimum absolute atomic E-state index is 0.0157. The molecule has 0 unspecified atom stereocenters. The van der Waals surface area contributed by atoms with Crippen molar-refractivity contribution in [3.8, 4) is 22.5 Å². The van der Waals surface area contributed by atoms with Gasteiger partial charge in [0.05, 0.1) is 44.1 Å². The summed E-state index contributed by atoms with van der Waals surface area (Å²) in [6.07, 6.45) is 2.40. The van der Waals surface area contributed by atoms with Gasteiger partial charge in [0.15, 0.2) is 23.6 Å². The van der Waals surface area contributed by atoms with Crippen molar-refractivity contribution >= 4 is 29.7 Å². The van der Waals surface area contributed by atoms with Crippen LogP contribution in [0.4, 0.5) is 13.2 Å². The number of nitrogens with zero attached hydrogens (tertiary/aromatic N) is 8. The van der Waals surface area contributed by atoms with E-state index in [1.165, 1.54) is 21.9 Å². The molecule has 288 valence electrons. The van der Waals surface area contributed by atoms with Gasteiger partial charge in [-0.05, 0) is 12.1 Å². The highest BCUT2D eigenvalue weighted by atomic mass is 32.2. The quantitative estimate of drug-likeness (QED) is 0.122. The Morgan fingerprint density at radius 1 is 0.944 bits per heavy atom. The van der Waals surface area contributed by atoms with Gasteiger partial charge in [-0.25, -0.2) is 37.3 Å². The molecule has 8 atom stereocenters. The SMILES string of the molecule is COC(=O)CO[C@@H]1[C@@H](n2cc(-c3cc(F)c(F)c(F)c3)nn2)[C@@H](OC(C)=O)[C@@H](COC(C)=O)O[C@H]1S[C@@H]1COC[C@H](n2cc(-c3cncnc3)nn2)[C@H]1O. The third kappa shape index (κ3) is 8.67. The molecular formula is C32H33F3N8O10S. The Bertz CT molecular complexity index is 1930. The predicted octanol–water partition coefficient (Wildman–Crippen LogP) is 1.46. The zero-order valence-corrected chi connectivity index (χ0v) is 29.5. The van der Waals surface area contributed by atoms with Crippen molar-refractivity contribution in [1.29, 1.82) is 0 Å². The molecule has 2 saturated heterocycles. The smallest absolute Gasteiger partial charge is 0.331 e. The van der Waals surface area contributed by atoms with Gasteiger partial charge in [-0.15, -0.1) is 22.0 Å². The Morgan fingerprint density at radius 2 is 1.61 bits per heavy atom. The molecule has 6 rings (SSSR count). The van der Waals surface area contributed by atoms with Crippen LogP contribution in [0.25, 0.3) is 22.5 Å². The third-order valence-corrected chi connectivity index (χ3v) is 9.86. The Kier molecular flexibility index (Phi) is 12.2. The van der Waals surface area contributed by atoms with Crippen LogP contribution < -0.4 is 0 Å². The number of aromatic nitrogens is 8. The number of hydrogen-bond donors (Lipinski definition) is 1. The monoisotopic (exact) mass is 778 g/mol. The van der Waals surface area contributed by atoms with Crippen molar-refractivity contribution in [1.82, 2.24) is 40.0 Å². The molecule has 0 spiro atoms. The molecule has 0 saturated carbocycles. The lowest BCUT2D eigenvalue weighted by Gasteiger charge is -2.46. The highest BCUT2D eigenvalue weighted by Gasteiger charge is 2.52. The molecule has 1 aromatic carbocycles. The maximum absolute atomic E-state index is 14.2. The second-order valence-corrected chi connectivity index (χ2v) is 13.4. The number of thioether (sulfide) groups is 1. The molecule has 54 heavy (non-hydrogen) atoms. The van der Waals surface area contributed by atoms with E-state index in [1.807, 2.05) is 0 Å². The van der Waals surface area contributed by atoms with Crippen molar-refractivity contribution in [2.24, 2.45) is 0 Å². The van der Waals surface area contributed by atoms with Crippen LogP contribution >= 0.6 is 11.8 Å². The van der Waals surface area contributed by atoms with Crippen molar-refractivity contribution in [3.05, 3.63) is 60.7 Å². The van der Waals surface area contributed by atoms with Crippen LogP contribution in [0.5, 0.6) is 0 Å². The summed E-state index contributed by atoms with van der Waals surface area (Å²) in [6.45, 7) is 1.31. The van der Waals surface area contributed by atoms with Crippen LogP contribution in [0, 0.1) is 17.5 Å². The predicted molar refractivity (Wildman–Crippen MR) is 175 cm³/mol. The summed E-state index contributed by atoms with van der Waals surface area (Å²) in [7, 11) is 1.14. The fourth-order valence-corrected chi connectivity index (χ4v) is 7.38. The fraction of sp³-hybridized carbons (Fsp3) is 0.469. The first-order chi connectivity index (χ1) is 25.9. The number of benzene rings is 1. The summed E-state index contributed by atoms with van der Waals surface area (Å²) in [4.78, 5) is 44.8. The molecule has 0 bridgehead atoms. The first-order valence-corrected chi connectivity index (χ1v) is 17.2. The standard InChI is InChI=1S/C32H33F3N8O10S/c1-15(44)50-11-24-30(52-16(2)45)28(43-9-21(38-41-43)17-4-19(33)27(35)20(34)5-17)31(51-13-26(46)48-3)32(53-24)54-25-12-49-10-23(29(25)47)42-8-22(39-40-42)18-6-36-14-37-7-18/h4-9,14,23-25,28-32,47H,10-13H2,1-3H3/t23-,24+,25+,28-,29+,30-,31+,32-/m0/s1. The summed E-state index contributed by atoms with van der Waals surface area (Å²) in [5.41, 5.74) is -0.375. The van der Waals surface area contributed by atoms with Crippen molar-refractivity contribution in [2.75, 3.05) is 33.5 Å². The zero-order valence-electron chi connectivity index (χ0n) is 28.7. The van der Waals surface area contributed by atoms with Gasteiger partial charge in [-0.2, -0.15) is 0 Å². The van der Waals surface area contributed by atoms with E-state index in [9.17, 15) is 32.7 Å². The van der Waals surface area contributed by atoms with Crippen LogP contribution in [0.15, 0.2) is 43.2 Å². The molecule has 18 nitrogen and oxygen atoms in total. The lowest BCUT2D eigenvalue weighted by atomic mass is 9.96. The zero-order chi connectivity index (χ0) is 38.5. The van der Waals surface area contributed by atoms with Gasteiger partial charge < -0.3 is 33.5 Å². The van der Waals surface area contributed by atoms with Crippen LogP contribution in [0.3, 0.4) is 0 Å². The van der Waals surface area contributed by atoms with Gasteiger partial charge in [-0.1, -0.05) is 10.4 Å². The van der Waals surface area contributed by atoms with E-state index in [1.54, 1.807) is 18.6 Å². The first kappa shape index (κ1) is 38.7. The van der Waals surface area contributed by atoms with Crippen LogP contribution in [-0.4, -0.2) is 132 Å². The summed E-state index contributed by atoms with van der Waals surface area (Å²) in [6, 6.07) is -0.512. The molecule has 2 aliphatic heterocycles. The molecule has 0 aliphatic carbocycles. The second-order valence-electron chi connectivity index (χ2n) is 12.1. The molecule has 2 fully saturated rings. The van der Waals surface area contributed by atoms with Crippen LogP contribution in [0.1, 0.15) is 25.9 Å². The summed E-state index contributed by atoms with van der Waals surface area (Å²) < 4.78 is 78.8. The second kappa shape index (κ2) is 17.0. The molecular weight excluding hydrogens is 745 g/mol. The summed E-state index contributed by atoms with van der Waals surface area (Å²) >= 11 is 1.05. The number of aliphatic hydroxyl groups excluding tert-OH is 1. The largest absolute Gasteiger partial charge is 0.467 e. The molecule has 0 radical (unpaired) electrons. The third-order valence-electron chi connectivity index (χ3n) is 8.45. The number of carbonyl (C=O) groups is 3. The molecule has 5 heterocycles. The molecule has 22 heteroatoms. The minimum Gasteiger partial charge on any atom is -0.467 e.